The third kappa shape index (κ3) is 3.44. The molecule has 1 aromatic rings. The highest BCUT2D eigenvalue weighted by molar-refractivity contribution is 5.79. The summed E-state index contributed by atoms with van der Waals surface area (Å²) in [5, 5.41) is 29.1. The smallest absolute Gasteiger partial charge is 0.351 e. The van der Waals surface area contributed by atoms with Crippen molar-refractivity contribution in [1.29, 1.82) is 0 Å². The van der Waals surface area contributed by atoms with Crippen LogP contribution in [0.15, 0.2) is 17.1 Å². The number of esters is 1. The van der Waals surface area contributed by atoms with Crippen molar-refractivity contribution in [2.75, 3.05) is 18.7 Å². The predicted molar refractivity (Wildman–Crippen MR) is 84.4 cm³/mol. The molecule has 11 nitrogen and oxygen atoms in total. The molecule has 2 saturated heterocycles. The molecule has 0 radical (unpaired) electrons. The first-order chi connectivity index (χ1) is 12.4. The van der Waals surface area contributed by atoms with Crippen molar-refractivity contribution in [2.45, 2.75) is 49.9 Å². The number of rotatable bonds is 5. The number of ether oxygens (including phenoxy) is 3. The topological polar surface area (TPSA) is 152 Å². The molecule has 0 saturated carbocycles. The lowest BCUT2D eigenvalue weighted by Crippen LogP contribution is -2.40. The molecule has 2 fully saturated rings. The SMILES string of the molecule is C[C@@]1(C(=O)OC[C@H]2O[C@@H](n3ccc(NO)nc3=O)[C@H](O)[C@@H]2O)CCCO1. The molecule has 0 unspecified atom stereocenters. The van der Waals surface area contributed by atoms with Crippen LogP contribution in [-0.4, -0.2) is 68.1 Å². The molecule has 11 heteroatoms. The average molecular weight is 371 g/mol. The zero-order chi connectivity index (χ0) is 18.9. The van der Waals surface area contributed by atoms with Crippen LogP contribution in [0.4, 0.5) is 5.82 Å². The zero-order valence-electron chi connectivity index (χ0n) is 14.1. The molecule has 0 amide bonds. The highest BCUT2D eigenvalue weighted by Crippen LogP contribution is 2.30. The quantitative estimate of drug-likeness (QED) is 0.366. The van der Waals surface area contributed by atoms with Crippen LogP contribution >= 0.6 is 0 Å². The Hall–Kier alpha value is -2.05. The summed E-state index contributed by atoms with van der Waals surface area (Å²) in [6, 6.07) is 1.29. The number of carbonyl (C=O) groups is 1. The summed E-state index contributed by atoms with van der Waals surface area (Å²) >= 11 is 0. The van der Waals surface area contributed by atoms with Crippen LogP contribution in [0.1, 0.15) is 26.0 Å². The molecule has 0 spiro atoms. The largest absolute Gasteiger partial charge is 0.461 e. The van der Waals surface area contributed by atoms with E-state index in [0.717, 1.165) is 11.0 Å². The standard InChI is InChI=1S/C15H21N3O8/c1-15(4-2-6-25-15)13(21)24-7-8-10(19)11(20)12(26-8)18-5-3-9(17-23)16-14(18)22/h3,5,8,10-12,19-20,23H,2,4,6-7H2,1H3,(H,16,17,22)/t8-,10-,11-,12-,15+/m1/s1. The van der Waals surface area contributed by atoms with Gasteiger partial charge in [0.15, 0.2) is 17.6 Å². The van der Waals surface area contributed by atoms with Crippen LogP contribution in [0.2, 0.25) is 0 Å². The van der Waals surface area contributed by atoms with Gasteiger partial charge in [0.25, 0.3) is 0 Å². The molecule has 26 heavy (non-hydrogen) atoms. The number of anilines is 1. The fraction of sp³-hybridized carbons (Fsp3) is 0.667. The maximum atomic E-state index is 12.1. The van der Waals surface area contributed by atoms with Gasteiger partial charge in [0.1, 0.15) is 24.9 Å². The molecule has 3 heterocycles. The first-order valence-corrected chi connectivity index (χ1v) is 8.18. The second kappa shape index (κ2) is 7.29. The predicted octanol–water partition coefficient (Wildman–Crippen LogP) is -1.22. The Morgan fingerprint density at radius 3 is 2.88 bits per heavy atom. The van der Waals surface area contributed by atoms with Crippen LogP contribution in [0, 0.1) is 0 Å². The number of aromatic nitrogens is 2. The first-order valence-electron chi connectivity index (χ1n) is 8.18. The number of nitrogens with one attached hydrogen (secondary N) is 1. The van der Waals surface area contributed by atoms with Crippen LogP contribution in [-0.2, 0) is 19.0 Å². The van der Waals surface area contributed by atoms with E-state index in [1.54, 1.807) is 12.4 Å². The third-order valence-corrected chi connectivity index (χ3v) is 4.59. The summed E-state index contributed by atoms with van der Waals surface area (Å²) in [7, 11) is 0. The first kappa shape index (κ1) is 18.7. The van der Waals surface area contributed by atoms with E-state index in [2.05, 4.69) is 4.98 Å². The van der Waals surface area contributed by atoms with E-state index >= 15 is 0 Å². The van der Waals surface area contributed by atoms with E-state index in [9.17, 15) is 19.8 Å². The van der Waals surface area contributed by atoms with Gasteiger partial charge >= 0.3 is 11.7 Å². The third-order valence-electron chi connectivity index (χ3n) is 4.59. The number of hydrogen-bond acceptors (Lipinski definition) is 10. The van der Waals surface area contributed by atoms with Crippen LogP contribution in [0.3, 0.4) is 0 Å². The van der Waals surface area contributed by atoms with Gasteiger partial charge in [0.2, 0.25) is 0 Å². The van der Waals surface area contributed by atoms with E-state index in [1.807, 2.05) is 0 Å². The van der Waals surface area contributed by atoms with Crippen molar-refractivity contribution < 1.29 is 34.4 Å². The van der Waals surface area contributed by atoms with E-state index in [4.69, 9.17) is 19.4 Å². The Balaban J connectivity index is 1.66. The lowest BCUT2D eigenvalue weighted by atomic mass is 10.0. The minimum absolute atomic E-state index is 0.0745. The molecule has 2 aliphatic rings. The fourth-order valence-electron chi connectivity index (χ4n) is 3.02. The normalized spacial score (nSPS) is 34.0. The summed E-state index contributed by atoms with van der Waals surface area (Å²) in [4.78, 5) is 27.6. The minimum Gasteiger partial charge on any atom is -0.461 e. The molecule has 144 valence electrons. The second-order valence-electron chi connectivity index (χ2n) is 6.44. The Morgan fingerprint density at radius 1 is 1.50 bits per heavy atom. The average Bonchev–Trinajstić information content (AvgIpc) is 3.19. The van der Waals surface area contributed by atoms with Gasteiger partial charge in [-0.15, -0.1) is 0 Å². The van der Waals surface area contributed by atoms with E-state index < -0.39 is 41.8 Å². The molecule has 1 aromatic heterocycles. The highest BCUT2D eigenvalue weighted by atomic mass is 16.6. The van der Waals surface area contributed by atoms with Gasteiger partial charge in [-0.1, -0.05) is 0 Å². The van der Waals surface area contributed by atoms with Gasteiger partial charge < -0.3 is 24.4 Å². The van der Waals surface area contributed by atoms with Gasteiger partial charge in [-0.2, -0.15) is 4.98 Å². The van der Waals surface area contributed by atoms with E-state index in [1.165, 1.54) is 12.3 Å². The van der Waals surface area contributed by atoms with Gasteiger partial charge in [-0.3, -0.25) is 15.3 Å². The van der Waals surface area contributed by atoms with Crippen LogP contribution < -0.4 is 11.2 Å². The highest BCUT2D eigenvalue weighted by Gasteiger charge is 2.46. The van der Waals surface area contributed by atoms with E-state index in [-0.39, 0.29) is 12.4 Å². The molecule has 5 atom stereocenters. The van der Waals surface area contributed by atoms with Gasteiger partial charge in [0.05, 0.1) is 0 Å². The van der Waals surface area contributed by atoms with E-state index in [0.29, 0.717) is 13.0 Å². The monoisotopic (exact) mass is 371 g/mol. The van der Waals surface area contributed by atoms with Crippen molar-refractivity contribution in [3.05, 3.63) is 22.7 Å². The Morgan fingerprint density at radius 2 is 2.27 bits per heavy atom. The summed E-state index contributed by atoms with van der Waals surface area (Å²) in [6.07, 6.45) is -2.49. The maximum absolute atomic E-state index is 12.1. The number of nitrogens with zero attached hydrogens (tertiary/aromatic N) is 2. The Kier molecular flexibility index (Phi) is 5.25. The molecule has 0 aromatic carbocycles. The van der Waals surface area contributed by atoms with Crippen molar-refractivity contribution in [2.24, 2.45) is 0 Å². The summed E-state index contributed by atoms with van der Waals surface area (Å²) < 4.78 is 17.0. The van der Waals surface area contributed by atoms with Crippen molar-refractivity contribution >= 4 is 11.8 Å². The van der Waals surface area contributed by atoms with Crippen molar-refractivity contribution in [1.82, 2.24) is 9.55 Å². The number of aliphatic hydroxyl groups excluding tert-OH is 2. The van der Waals surface area contributed by atoms with Gasteiger partial charge in [-0.25, -0.2) is 9.59 Å². The van der Waals surface area contributed by atoms with Crippen molar-refractivity contribution in [3.63, 3.8) is 0 Å². The van der Waals surface area contributed by atoms with Crippen molar-refractivity contribution in [3.8, 4) is 0 Å². The molecule has 0 bridgehead atoms. The van der Waals surface area contributed by atoms with Crippen LogP contribution in [0.25, 0.3) is 0 Å². The number of aliphatic hydroxyl groups is 2. The second-order valence-corrected chi connectivity index (χ2v) is 6.44. The summed E-state index contributed by atoms with van der Waals surface area (Å²) in [6.45, 7) is 1.81. The molecule has 2 aliphatic heterocycles. The summed E-state index contributed by atoms with van der Waals surface area (Å²) in [5.74, 6) is -0.643. The van der Waals surface area contributed by atoms with Gasteiger partial charge in [0, 0.05) is 12.8 Å². The molecule has 4 N–H and O–H groups in total. The number of hydrogen-bond donors (Lipinski definition) is 4. The summed E-state index contributed by atoms with van der Waals surface area (Å²) in [5.41, 5.74) is -0.0885. The molecule has 0 aliphatic carbocycles. The molecular formula is C15H21N3O8. The Labute approximate surface area is 148 Å². The lowest BCUT2D eigenvalue weighted by molar-refractivity contribution is -0.170. The lowest BCUT2D eigenvalue weighted by Gasteiger charge is -2.22. The maximum Gasteiger partial charge on any atom is 0.351 e. The molecular weight excluding hydrogens is 350 g/mol. The minimum atomic E-state index is -1.43. The van der Waals surface area contributed by atoms with Crippen LogP contribution in [0.5, 0.6) is 0 Å². The zero-order valence-corrected chi connectivity index (χ0v) is 14.1. The number of carbonyl (C=O) groups excluding carboxylic acids is 1. The van der Waals surface area contributed by atoms with Gasteiger partial charge in [-0.05, 0) is 25.8 Å². The molecule has 3 rings (SSSR count). The Bertz CT molecular complexity index is 717. The fourth-order valence-corrected chi connectivity index (χ4v) is 3.02.